The van der Waals surface area contributed by atoms with Gasteiger partial charge >= 0.3 is 0 Å². The van der Waals surface area contributed by atoms with Gasteiger partial charge in [-0.25, -0.2) is 15.0 Å². The van der Waals surface area contributed by atoms with Gasteiger partial charge < -0.3 is 13.6 Å². The highest BCUT2D eigenvalue weighted by molar-refractivity contribution is 6.16. The molecule has 4 aromatic heterocycles. The molecule has 0 amide bonds. The fourth-order valence-electron chi connectivity index (χ4n) is 10.1. The minimum absolute atomic E-state index is 0.571. The Balaban J connectivity index is 1.06. The van der Waals surface area contributed by atoms with E-state index in [2.05, 4.69) is 209 Å². The molecule has 0 N–H and O–H groups in total. The van der Waals surface area contributed by atoms with Gasteiger partial charge in [0, 0.05) is 54.7 Å². The molecule has 0 aliphatic carbocycles. The Morgan fingerprint density at radius 1 is 0.308 bits per heavy atom. The summed E-state index contributed by atoms with van der Waals surface area (Å²) in [5.41, 5.74) is 10.7. The molecule has 0 aliphatic heterocycles. The van der Waals surface area contributed by atoms with E-state index in [0.717, 1.165) is 88.2 Å². The molecule has 65 heavy (non-hydrogen) atoms. The molecule has 0 unspecified atom stereocenters. The summed E-state index contributed by atoms with van der Waals surface area (Å²) in [6.45, 7) is 0. The van der Waals surface area contributed by atoms with Crippen LogP contribution in [0.1, 0.15) is 0 Å². The molecule has 0 radical (unpaired) electrons. The first-order chi connectivity index (χ1) is 32.2. The highest BCUT2D eigenvalue weighted by atomic mass is 16.3. The van der Waals surface area contributed by atoms with Crippen LogP contribution in [0.4, 0.5) is 0 Å². The monoisotopic (exact) mass is 829 g/mol. The Morgan fingerprint density at radius 2 is 0.846 bits per heavy atom. The largest absolute Gasteiger partial charge is 0.454 e. The van der Waals surface area contributed by atoms with Gasteiger partial charge in [0.15, 0.2) is 23.1 Å². The number of nitrogens with zero attached hydrogens (tertiary/aromatic N) is 5. The summed E-state index contributed by atoms with van der Waals surface area (Å²) in [5.74, 6) is 1.76. The van der Waals surface area contributed by atoms with Gasteiger partial charge in [0.1, 0.15) is 5.58 Å². The van der Waals surface area contributed by atoms with Crippen LogP contribution >= 0.6 is 0 Å². The molecule has 14 aromatic rings. The zero-order valence-corrected chi connectivity index (χ0v) is 34.9. The molecule has 6 heteroatoms. The fraction of sp³-hybridized carbons (Fsp3) is 0. The Hall–Kier alpha value is -8.87. The van der Waals surface area contributed by atoms with Crippen LogP contribution < -0.4 is 0 Å². The summed E-state index contributed by atoms with van der Waals surface area (Å²) in [7, 11) is 0. The van der Waals surface area contributed by atoms with E-state index in [1.165, 1.54) is 26.9 Å². The number of fused-ring (bicyclic) bond motifs is 11. The molecular weight excluding hydrogens is 795 g/mol. The van der Waals surface area contributed by atoms with Crippen molar-refractivity contribution in [3.8, 4) is 45.5 Å². The maximum atomic E-state index is 6.85. The fourth-order valence-corrected chi connectivity index (χ4v) is 10.1. The van der Waals surface area contributed by atoms with E-state index in [1.807, 2.05) is 12.1 Å². The number of rotatable bonds is 5. The smallest absolute Gasteiger partial charge is 0.164 e. The summed E-state index contributed by atoms with van der Waals surface area (Å²) >= 11 is 0. The van der Waals surface area contributed by atoms with E-state index in [0.29, 0.717) is 17.5 Å². The first-order valence-corrected chi connectivity index (χ1v) is 21.9. The molecule has 0 saturated carbocycles. The van der Waals surface area contributed by atoms with Crippen LogP contribution in [0.2, 0.25) is 0 Å². The third-order valence-corrected chi connectivity index (χ3v) is 13.1. The molecule has 10 aromatic carbocycles. The van der Waals surface area contributed by atoms with Crippen molar-refractivity contribution in [2.24, 2.45) is 0 Å². The SMILES string of the molecule is c1ccc(-n2c3ccccc3c3ccc(-c4nc(-c5ccc6ccccc6c5)nc(-c5cc(-n6c7ccccc7c7cc8ccccc8cc76)c6oc7ccccc7c6c5)n4)cc32)cc1. The zero-order chi connectivity index (χ0) is 42.6. The number of hydrogen-bond donors (Lipinski definition) is 0. The Kier molecular flexibility index (Phi) is 7.59. The van der Waals surface area contributed by atoms with Crippen molar-refractivity contribution < 1.29 is 4.42 Å². The van der Waals surface area contributed by atoms with E-state index < -0.39 is 0 Å². The number of benzene rings is 10. The quantitative estimate of drug-likeness (QED) is 0.173. The van der Waals surface area contributed by atoms with E-state index in [-0.39, 0.29) is 0 Å². The van der Waals surface area contributed by atoms with Gasteiger partial charge in [-0.3, -0.25) is 0 Å². The first-order valence-electron chi connectivity index (χ1n) is 21.9. The third kappa shape index (κ3) is 5.51. The summed E-state index contributed by atoms with van der Waals surface area (Å²) in [6.07, 6.45) is 0. The van der Waals surface area contributed by atoms with Gasteiger partial charge in [0.05, 0.1) is 27.8 Å². The van der Waals surface area contributed by atoms with Crippen LogP contribution in [0.5, 0.6) is 0 Å². The van der Waals surface area contributed by atoms with Crippen molar-refractivity contribution in [2.75, 3.05) is 0 Å². The van der Waals surface area contributed by atoms with Crippen LogP contribution in [0.3, 0.4) is 0 Å². The highest BCUT2D eigenvalue weighted by Crippen LogP contribution is 2.42. The lowest BCUT2D eigenvalue weighted by Crippen LogP contribution is -2.02. The van der Waals surface area contributed by atoms with Crippen molar-refractivity contribution in [1.82, 2.24) is 24.1 Å². The minimum Gasteiger partial charge on any atom is -0.454 e. The van der Waals surface area contributed by atoms with Gasteiger partial charge in [-0.15, -0.1) is 0 Å². The molecule has 0 saturated heterocycles. The van der Waals surface area contributed by atoms with Crippen LogP contribution in [-0.2, 0) is 0 Å². The van der Waals surface area contributed by atoms with E-state index in [4.69, 9.17) is 19.4 Å². The maximum absolute atomic E-state index is 6.85. The molecule has 0 atom stereocenters. The van der Waals surface area contributed by atoms with Gasteiger partial charge in [-0.1, -0.05) is 146 Å². The normalized spacial score (nSPS) is 12.0. The molecule has 0 fully saturated rings. The molecule has 0 bridgehead atoms. The van der Waals surface area contributed by atoms with Crippen LogP contribution in [0.15, 0.2) is 217 Å². The predicted octanol–water partition coefficient (Wildman–Crippen LogP) is 15.3. The second kappa shape index (κ2) is 13.8. The van der Waals surface area contributed by atoms with E-state index in [9.17, 15) is 0 Å². The predicted molar refractivity (Wildman–Crippen MR) is 267 cm³/mol. The lowest BCUT2D eigenvalue weighted by atomic mass is 10.0. The molecule has 14 rings (SSSR count). The summed E-state index contributed by atoms with van der Waals surface area (Å²) in [4.78, 5) is 16.1. The lowest BCUT2D eigenvalue weighted by Gasteiger charge is -2.13. The minimum atomic E-state index is 0.571. The highest BCUT2D eigenvalue weighted by Gasteiger charge is 2.23. The average molecular weight is 830 g/mol. The van der Waals surface area contributed by atoms with E-state index in [1.54, 1.807) is 0 Å². The molecule has 0 aliphatic rings. The van der Waals surface area contributed by atoms with Crippen LogP contribution in [-0.4, -0.2) is 24.1 Å². The number of aromatic nitrogens is 5. The van der Waals surface area contributed by atoms with Crippen LogP contribution in [0.25, 0.3) is 133 Å². The summed E-state index contributed by atoms with van der Waals surface area (Å²) in [5, 5.41) is 11.4. The molecule has 302 valence electrons. The first kappa shape index (κ1) is 35.7. The van der Waals surface area contributed by atoms with Crippen molar-refractivity contribution >= 4 is 87.1 Å². The number of furan rings is 1. The zero-order valence-electron chi connectivity index (χ0n) is 34.9. The second-order valence-corrected chi connectivity index (χ2v) is 16.8. The van der Waals surface area contributed by atoms with Gasteiger partial charge in [-0.2, -0.15) is 0 Å². The topological polar surface area (TPSA) is 61.7 Å². The molecular formula is C59H35N5O. The van der Waals surface area contributed by atoms with Gasteiger partial charge in [0.2, 0.25) is 0 Å². The second-order valence-electron chi connectivity index (χ2n) is 16.8. The summed E-state index contributed by atoms with van der Waals surface area (Å²) < 4.78 is 11.5. The van der Waals surface area contributed by atoms with Gasteiger partial charge in [-0.05, 0) is 88.3 Å². The van der Waals surface area contributed by atoms with E-state index >= 15 is 0 Å². The summed E-state index contributed by atoms with van der Waals surface area (Å²) in [6, 6.07) is 75.0. The number of para-hydroxylation sites is 4. The van der Waals surface area contributed by atoms with Crippen molar-refractivity contribution in [1.29, 1.82) is 0 Å². The number of hydrogen-bond acceptors (Lipinski definition) is 4. The Bertz CT molecular complexity index is 4250. The van der Waals surface area contributed by atoms with Crippen LogP contribution in [0, 0.1) is 0 Å². The molecule has 4 heterocycles. The standard InChI is InChI=1S/C59H35N5O/c1-2-18-43(19-3-1)63-50-23-11-8-20-44(50)46-29-28-41(34-52(46)63)58-60-57(40-27-26-36-14-4-5-15-37(36)30-40)61-59(62-58)42-32-49-47-22-10-13-25-55(47)65-56(49)54(35-42)64-51-24-12-9-21-45(51)48-31-38-16-6-7-17-39(38)33-53(48)64/h1-35H. The average Bonchev–Trinajstić information content (AvgIpc) is 4.02. The molecule has 0 spiro atoms. The molecule has 6 nitrogen and oxygen atoms in total. The Morgan fingerprint density at radius 3 is 1.62 bits per heavy atom. The van der Waals surface area contributed by atoms with Gasteiger partial charge in [0.25, 0.3) is 0 Å². The van der Waals surface area contributed by atoms with Crippen molar-refractivity contribution in [3.63, 3.8) is 0 Å². The lowest BCUT2D eigenvalue weighted by molar-refractivity contribution is 0.666. The van der Waals surface area contributed by atoms with Crippen molar-refractivity contribution in [2.45, 2.75) is 0 Å². The third-order valence-electron chi connectivity index (χ3n) is 13.1. The van der Waals surface area contributed by atoms with Crippen molar-refractivity contribution in [3.05, 3.63) is 212 Å². The maximum Gasteiger partial charge on any atom is 0.164 e. The Labute approximate surface area is 371 Å².